The van der Waals surface area contributed by atoms with Crippen LogP contribution in [0.3, 0.4) is 0 Å². The molecule has 0 saturated heterocycles. The molecule has 0 fully saturated rings. The fourth-order valence-electron chi connectivity index (χ4n) is 1.32. The number of hydrogen-bond acceptors (Lipinski definition) is 6. The Morgan fingerprint density at radius 1 is 1.29 bits per heavy atom. The van der Waals surface area contributed by atoms with Crippen LogP contribution in [-0.4, -0.2) is 11.1 Å². The zero-order chi connectivity index (χ0) is 12.3. The van der Waals surface area contributed by atoms with Crippen molar-refractivity contribution in [2.45, 2.75) is 6.61 Å². The molecule has 0 aliphatic rings. The van der Waals surface area contributed by atoms with Crippen molar-refractivity contribution in [1.82, 2.24) is 5.16 Å². The average molecular weight is 233 g/mol. The number of ether oxygens (including phenoxy) is 1. The van der Waals surface area contributed by atoms with Crippen LogP contribution in [0.2, 0.25) is 0 Å². The zero-order valence-corrected chi connectivity index (χ0v) is 8.92. The van der Waals surface area contributed by atoms with Gasteiger partial charge in [-0.3, -0.25) is 0 Å². The van der Waals surface area contributed by atoms with E-state index in [4.69, 9.17) is 16.2 Å². The molecular formula is C11H11N3O3. The first-order chi connectivity index (χ1) is 8.15. The second-order valence-corrected chi connectivity index (χ2v) is 3.50. The molecular weight excluding hydrogens is 222 g/mol. The molecule has 4 N–H and O–H groups in total. The monoisotopic (exact) mass is 233 g/mol. The fraction of sp³-hybridized carbons (Fsp3) is 0.0909. The quantitative estimate of drug-likeness (QED) is 0.609. The van der Waals surface area contributed by atoms with Crippen molar-refractivity contribution in [2.75, 3.05) is 11.5 Å². The Labute approximate surface area is 97.1 Å². The summed E-state index contributed by atoms with van der Waals surface area (Å²) in [5.74, 6) is -0.495. The van der Waals surface area contributed by atoms with Gasteiger partial charge >= 0.3 is 5.97 Å². The van der Waals surface area contributed by atoms with Gasteiger partial charge in [-0.1, -0.05) is 5.16 Å². The number of esters is 1. The number of nitrogens with zero attached hydrogens (tertiary/aromatic N) is 1. The van der Waals surface area contributed by atoms with Crippen LogP contribution >= 0.6 is 0 Å². The summed E-state index contributed by atoms with van der Waals surface area (Å²) in [7, 11) is 0. The highest BCUT2D eigenvalue weighted by molar-refractivity contribution is 5.91. The summed E-state index contributed by atoms with van der Waals surface area (Å²) >= 11 is 0. The molecule has 17 heavy (non-hydrogen) atoms. The van der Waals surface area contributed by atoms with E-state index < -0.39 is 5.97 Å². The smallest absolute Gasteiger partial charge is 0.338 e. The molecule has 88 valence electrons. The fourth-order valence-corrected chi connectivity index (χ4v) is 1.32. The van der Waals surface area contributed by atoms with Crippen molar-refractivity contribution in [3.8, 4) is 0 Å². The summed E-state index contributed by atoms with van der Waals surface area (Å²) in [4.78, 5) is 11.7. The summed E-state index contributed by atoms with van der Waals surface area (Å²) in [5, 5.41) is 3.49. The van der Waals surface area contributed by atoms with Gasteiger partial charge in [0.2, 0.25) is 0 Å². The van der Waals surface area contributed by atoms with Crippen molar-refractivity contribution in [3.05, 3.63) is 41.8 Å². The van der Waals surface area contributed by atoms with Crippen molar-refractivity contribution in [3.63, 3.8) is 0 Å². The third kappa shape index (κ3) is 2.75. The Bertz CT molecular complexity index is 503. The third-order valence-corrected chi connectivity index (χ3v) is 2.07. The molecule has 0 unspecified atom stereocenters. The zero-order valence-electron chi connectivity index (χ0n) is 8.92. The number of carbonyl (C=O) groups is 1. The molecule has 1 heterocycles. The number of hydrogen-bond donors (Lipinski definition) is 2. The number of anilines is 2. The van der Waals surface area contributed by atoms with Crippen molar-refractivity contribution < 1.29 is 14.1 Å². The first-order valence-electron chi connectivity index (χ1n) is 4.86. The molecule has 0 radical (unpaired) electrons. The Hall–Kier alpha value is -2.50. The number of nitrogens with two attached hydrogens (primary N) is 2. The van der Waals surface area contributed by atoms with E-state index in [9.17, 15) is 4.79 Å². The molecule has 0 saturated carbocycles. The van der Waals surface area contributed by atoms with Crippen LogP contribution in [-0.2, 0) is 11.3 Å². The van der Waals surface area contributed by atoms with Crippen LogP contribution in [0, 0.1) is 0 Å². The lowest BCUT2D eigenvalue weighted by Crippen LogP contribution is -2.06. The topological polar surface area (TPSA) is 104 Å². The molecule has 6 nitrogen and oxygen atoms in total. The van der Waals surface area contributed by atoms with Crippen LogP contribution in [0.4, 0.5) is 11.4 Å². The van der Waals surface area contributed by atoms with E-state index in [1.807, 2.05) is 0 Å². The lowest BCUT2D eigenvalue weighted by molar-refractivity contribution is 0.0472. The first kappa shape index (κ1) is 11.0. The van der Waals surface area contributed by atoms with Gasteiger partial charge in [0.1, 0.15) is 12.9 Å². The van der Waals surface area contributed by atoms with Gasteiger partial charge in [-0.05, 0) is 18.2 Å². The van der Waals surface area contributed by atoms with E-state index >= 15 is 0 Å². The summed E-state index contributed by atoms with van der Waals surface area (Å²) in [6.07, 6.45) is 2.88. The van der Waals surface area contributed by atoms with Gasteiger partial charge < -0.3 is 20.7 Å². The van der Waals surface area contributed by atoms with E-state index in [0.29, 0.717) is 22.5 Å². The minimum absolute atomic E-state index is 0.0943. The van der Waals surface area contributed by atoms with Crippen molar-refractivity contribution in [2.24, 2.45) is 0 Å². The third-order valence-electron chi connectivity index (χ3n) is 2.07. The minimum Gasteiger partial charge on any atom is -0.457 e. The average Bonchev–Trinajstić information content (AvgIpc) is 2.77. The van der Waals surface area contributed by atoms with Crippen molar-refractivity contribution >= 4 is 17.3 Å². The highest BCUT2D eigenvalue weighted by Crippen LogP contribution is 2.15. The van der Waals surface area contributed by atoms with E-state index in [0.717, 1.165) is 0 Å². The van der Waals surface area contributed by atoms with Crippen LogP contribution in [0.15, 0.2) is 35.2 Å². The summed E-state index contributed by atoms with van der Waals surface area (Å²) in [5.41, 5.74) is 13.0. The normalized spacial score (nSPS) is 10.1. The molecule has 0 bridgehead atoms. The number of nitrogen functional groups attached to an aromatic ring is 2. The Morgan fingerprint density at radius 3 is 2.59 bits per heavy atom. The van der Waals surface area contributed by atoms with Gasteiger partial charge in [0.05, 0.1) is 11.8 Å². The number of benzene rings is 1. The van der Waals surface area contributed by atoms with E-state index in [-0.39, 0.29) is 6.61 Å². The van der Waals surface area contributed by atoms with Crippen molar-refractivity contribution in [1.29, 1.82) is 0 Å². The second-order valence-electron chi connectivity index (χ2n) is 3.50. The van der Waals surface area contributed by atoms with Crippen LogP contribution in [0.1, 0.15) is 15.9 Å². The van der Waals surface area contributed by atoms with Gasteiger partial charge in [-0.25, -0.2) is 4.79 Å². The molecule has 0 aliphatic heterocycles. The minimum atomic E-state index is -0.495. The Balaban J connectivity index is 2.04. The van der Waals surface area contributed by atoms with Gasteiger partial charge in [-0.15, -0.1) is 0 Å². The largest absolute Gasteiger partial charge is 0.457 e. The molecule has 2 aromatic rings. The van der Waals surface area contributed by atoms with E-state index in [2.05, 4.69) is 9.68 Å². The standard InChI is InChI=1S/C11H11N3O3/c12-9-1-8(2-10(13)3-9)11(15)16-5-7-4-14-17-6-7/h1-4,6H,5,12-13H2. The van der Waals surface area contributed by atoms with Gasteiger partial charge in [0, 0.05) is 16.9 Å². The predicted octanol–water partition coefficient (Wildman–Crippen LogP) is 1.20. The van der Waals surface area contributed by atoms with Gasteiger partial charge in [0.15, 0.2) is 0 Å². The molecule has 1 aromatic carbocycles. The summed E-state index contributed by atoms with van der Waals surface area (Å²) < 4.78 is 9.64. The maximum absolute atomic E-state index is 11.7. The Kier molecular flexibility index (Phi) is 2.95. The molecule has 0 amide bonds. The lowest BCUT2D eigenvalue weighted by Gasteiger charge is -2.05. The lowest BCUT2D eigenvalue weighted by atomic mass is 10.2. The molecule has 0 spiro atoms. The maximum Gasteiger partial charge on any atom is 0.338 e. The van der Waals surface area contributed by atoms with Crippen LogP contribution in [0.5, 0.6) is 0 Å². The second kappa shape index (κ2) is 4.56. The SMILES string of the molecule is Nc1cc(N)cc(C(=O)OCc2cnoc2)c1. The first-order valence-corrected chi connectivity index (χ1v) is 4.86. The van der Waals surface area contributed by atoms with E-state index in [1.54, 1.807) is 6.07 Å². The van der Waals surface area contributed by atoms with Crippen LogP contribution < -0.4 is 11.5 Å². The number of rotatable bonds is 3. The molecule has 6 heteroatoms. The molecule has 1 aromatic heterocycles. The van der Waals surface area contributed by atoms with E-state index in [1.165, 1.54) is 24.6 Å². The Morgan fingerprint density at radius 2 is 2.00 bits per heavy atom. The highest BCUT2D eigenvalue weighted by Gasteiger charge is 2.09. The molecule has 0 atom stereocenters. The number of aromatic nitrogens is 1. The molecule has 0 aliphatic carbocycles. The predicted molar refractivity (Wildman–Crippen MR) is 60.9 cm³/mol. The highest BCUT2D eigenvalue weighted by atomic mass is 16.5. The summed E-state index contributed by atoms with van der Waals surface area (Å²) in [6, 6.07) is 4.58. The maximum atomic E-state index is 11.7. The molecule has 2 rings (SSSR count). The van der Waals surface area contributed by atoms with Gasteiger partial charge in [-0.2, -0.15) is 0 Å². The van der Waals surface area contributed by atoms with Gasteiger partial charge in [0.25, 0.3) is 0 Å². The number of carbonyl (C=O) groups excluding carboxylic acids is 1. The summed E-state index contributed by atoms with van der Waals surface area (Å²) in [6.45, 7) is 0.0943. The van der Waals surface area contributed by atoms with Crippen LogP contribution in [0.25, 0.3) is 0 Å².